The molecule has 0 unspecified atom stereocenters. The summed E-state index contributed by atoms with van der Waals surface area (Å²) in [6, 6.07) is 0. The highest BCUT2D eigenvalue weighted by molar-refractivity contribution is 5.87. The van der Waals surface area contributed by atoms with Crippen molar-refractivity contribution in [1.82, 2.24) is 0 Å². The average molecular weight is 423 g/mol. The molecule has 0 bridgehead atoms. The Bertz CT molecular complexity index is 591. The van der Waals surface area contributed by atoms with E-state index in [0.717, 1.165) is 71.6 Å². The molecule has 0 N–H and O–H groups in total. The lowest BCUT2D eigenvalue weighted by molar-refractivity contribution is -0.118. The minimum atomic E-state index is 0.150. The highest BCUT2D eigenvalue weighted by atomic mass is 16.5. The van der Waals surface area contributed by atoms with Gasteiger partial charge in [0.05, 0.1) is 26.4 Å². The molecule has 30 heavy (non-hydrogen) atoms. The first-order valence-electron chi connectivity index (χ1n) is 11.0. The lowest BCUT2D eigenvalue weighted by atomic mass is 9.95. The standard InChI is InChI=1S/C8H14O2.2C8H12O2/c3*1-7(9)6-8-2-4-10-5-3-8/h8H,2-6H2,1H3;6H,2-5H2,1H3;2H,3-6H2,1H3. The number of ketones is 3. The van der Waals surface area contributed by atoms with Crippen molar-refractivity contribution in [1.29, 1.82) is 0 Å². The van der Waals surface area contributed by atoms with Crippen molar-refractivity contribution >= 4 is 17.3 Å². The highest BCUT2D eigenvalue weighted by Crippen LogP contribution is 2.18. The van der Waals surface area contributed by atoms with Crippen molar-refractivity contribution in [3.8, 4) is 0 Å². The van der Waals surface area contributed by atoms with Crippen LogP contribution in [-0.2, 0) is 28.6 Å². The van der Waals surface area contributed by atoms with E-state index in [-0.39, 0.29) is 11.6 Å². The van der Waals surface area contributed by atoms with E-state index in [2.05, 4.69) is 0 Å². The lowest BCUT2D eigenvalue weighted by Gasteiger charge is -2.20. The van der Waals surface area contributed by atoms with Crippen LogP contribution in [0.2, 0.25) is 0 Å². The van der Waals surface area contributed by atoms with E-state index in [1.165, 1.54) is 11.1 Å². The molecule has 0 spiro atoms. The molecule has 170 valence electrons. The van der Waals surface area contributed by atoms with Gasteiger partial charge in [-0.1, -0.05) is 17.2 Å². The Morgan fingerprint density at radius 2 is 1.47 bits per heavy atom. The van der Waals surface area contributed by atoms with Gasteiger partial charge in [0.2, 0.25) is 0 Å². The number of ether oxygens (including phenoxy) is 3. The van der Waals surface area contributed by atoms with Gasteiger partial charge in [-0.2, -0.15) is 0 Å². The molecule has 3 heterocycles. The molecule has 6 heteroatoms. The van der Waals surface area contributed by atoms with Crippen LogP contribution in [0.25, 0.3) is 0 Å². The van der Waals surface area contributed by atoms with Gasteiger partial charge in [-0.3, -0.25) is 9.59 Å². The zero-order valence-corrected chi connectivity index (χ0v) is 18.9. The Kier molecular flexibility index (Phi) is 14.2. The molecule has 6 nitrogen and oxygen atoms in total. The fraction of sp³-hybridized carbons (Fsp3) is 0.708. The van der Waals surface area contributed by atoms with E-state index >= 15 is 0 Å². The molecule has 2 saturated heterocycles. The Labute approximate surface area is 181 Å². The maximum Gasteiger partial charge on any atom is 0.152 e. The fourth-order valence-electron chi connectivity index (χ4n) is 3.47. The number of carbonyl (C=O) groups is 3. The SMILES string of the molecule is CC(=O)C=C1CCOCC1.CC(=O)CC1=CCOCC1.CC(=O)CC1CCOCC1. The van der Waals surface area contributed by atoms with Gasteiger partial charge in [0.1, 0.15) is 11.6 Å². The summed E-state index contributed by atoms with van der Waals surface area (Å²) in [5, 5.41) is 0. The molecule has 3 rings (SSSR count). The largest absolute Gasteiger partial charge is 0.381 e. The number of Topliss-reactive ketones (excluding diaryl/α,β-unsaturated/α-hetero) is 2. The minimum absolute atomic E-state index is 0.150. The van der Waals surface area contributed by atoms with Crippen LogP contribution in [0.4, 0.5) is 0 Å². The van der Waals surface area contributed by atoms with Crippen LogP contribution in [0.1, 0.15) is 65.7 Å². The fourth-order valence-corrected chi connectivity index (χ4v) is 3.47. The Balaban J connectivity index is 0.000000225. The van der Waals surface area contributed by atoms with Gasteiger partial charge in [-0.05, 0) is 64.9 Å². The van der Waals surface area contributed by atoms with E-state index in [1.54, 1.807) is 26.8 Å². The van der Waals surface area contributed by atoms with Crippen molar-refractivity contribution in [2.75, 3.05) is 39.6 Å². The monoisotopic (exact) mass is 422 g/mol. The molecule has 3 aliphatic rings. The second-order valence-corrected chi connectivity index (χ2v) is 8.05. The molecule has 0 aromatic carbocycles. The van der Waals surface area contributed by atoms with E-state index in [1.807, 2.05) is 6.08 Å². The maximum atomic E-state index is 10.7. The number of allylic oxidation sites excluding steroid dienone is 1. The van der Waals surface area contributed by atoms with Gasteiger partial charge in [-0.25, -0.2) is 0 Å². The third kappa shape index (κ3) is 14.4. The molecule has 0 aromatic rings. The second-order valence-electron chi connectivity index (χ2n) is 8.05. The summed E-state index contributed by atoms with van der Waals surface area (Å²) >= 11 is 0. The normalized spacial score (nSPS) is 19.3. The summed E-state index contributed by atoms with van der Waals surface area (Å²) < 4.78 is 15.4. The van der Waals surface area contributed by atoms with Crippen molar-refractivity contribution < 1.29 is 28.6 Å². The Hall–Kier alpha value is -1.63. The summed E-state index contributed by atoms with van der Waals surface area (Å²) in [6.45, 7) is 9.57. The Morgan fingerprint density at radius 1 is 0.867 bits per heavy atom. The zero-order chi connectivity index (χ0) is 22.2. The molecule has 0 amide bonds. The number of hydrogen-bond acceptors (Lipinski definition) is 6. The molecular weight excluding hydrogens is 384 g/mol. The van der Waals surface area contributed by atoms with Gasteiger partial charge in [0.15, 0.2) is 5.78 Å². The lowest BCUT2D eigenvalue weighted by Crippen LogP contribution is -2.17. The van der Waals surface area contributed by atoms with Crippen molar-refractivity contribution in [3.63, 3.8) is 0 Å². The molecule has 0 aromatic heterocycles. The summed E-state index contributed by atoms with van der Waals surface area (Å²) in [4.78, 5) is 31.9. The molecule has 0 saturated carbocycles. The zero-order valence-electron chi connectivity index (χ0n) is 18.9. The van der Waals surface area contributed by atoms with Gasteiger partial charge >= 0.3 is 0 Å². The first kappa shape index (κ1) is 26.4. The summed E-state index contributed by atoms with van der Waals surface area (Å²) in [7, 11) is 0. The van der Waals surface area contributed by atoms with Crippen molar-refractivity contribution in [2.24, 2.45) is 5.92 Å². The van der Waals surface area contributed by atoms with E-state index < -0.39 is 0 Å². The summed E-state index contributed by atoms with van der Waals surface area (Å²) in [5.41, 5.74) is 2.47. The highest BCUT2D eigenvalue weighted by Gasteiger charge is 2.14. The van der Waals surface area contributed by atoms with Crippen molar-refractivity contribution in [2.45, 2.75) is 65.7 Å². The van der Waals surface area contributed by atoms with Gasteiger partial charge in [0, 0.05) is 26.1 Å². The predicted octanol–water partition coefficient (Wildman–Crippen LogP) is 4.02. The quantitative estimate of drug-likeness (QED) is 0.492. The van der Waals surface area contributed by atoms with Gasteiger partial charge < -0.3 is 19.0 Å². The maximum absolute atomic E-state index is 10.7. The smallest absolute Gasteiger partial charge is 0.152 e. The van der Waals surface area contributed by atoms with Crippen LogP contribution in [-0.4, -0.2) is 57.0 Å². The number of rotatable bonds is 5. The first-order valence-corrected chi connectivity index (χ1v) is 11.0. The molecule has 2 fully saturated rings. The topological polar surface area (TPSA) is 78.9 Å². The van der Waals surface area contributed by atoms with Crippen LogP contribution in [0.3, 0.4) is 0 Å². The molecule has 0 aliphatic carbocycles. The van der Waals surface area contributed by atoms with E-state index in [0.29, 0.717) is 24.7 Å². The third-order valence-electron chi connectivity index (χ3n) is 4.99. The number of carbonyl (C=O) groups excluding carboxylic acids is 3. The minimum Gasteiger partial charge on any atom is -0.381 e. The van der Waals surface area contributed by atoms with Crippen LogP contribution in [0.5, 0.6) is 0 Å². The van der Waals surface area contributed by atoms with E-state index in [4.69, 9.17) is 14.2 Å². The van der Waals surface area contributed by atoms with E-state index in [9.17, 15) is 14.4 Å². The van der Waals surface area contributed by atoms with Gasteiger partial charge in [-0.15, -0.1) is 0 Å². The summed E-state index contributed by atoms with van der Waals surface area (Å²) in [5.74, 6) is 1.31. The van der Waals surface area contributed by atoms with Crippen LogP contribution < -0.4 is 0 Å². The van der Waals surface area contributed by atoms with Crippen LogP contribution in [0, 0.1) is 5.92 Å². The average Bonchev–Trinajstić information content (AvgIpc) is 2.70. The Morgan fingerprint density at radius 3 is 1.97 bits per heavy atom. The second kappa shape index (κ2) is 16.1. The molecule has 0 radical (unpaired) electrons. The molecule has 3 aliphatic heterocycles. The molecule has 0 atom stereocenters. The summed E-state index contributed by atoms with van der Waals surface area (Å²) in [6.07, 6.45) is 10.0. The predicted molar refractivity (Wildman–Crippen MR) is 116 cm³/mol. The molecular formula is C24H38O6. The first-order chi connectivity index (χ1) is 14.4. The number of hydrogen-bond donors (Lipinski definition) is 0. The third-order valence-corrected chi connectivity index (χ3v) is 4.99. The van der Waals surface area contributed by atoms with Crippen LogP contribution in [0.15, 0.2) is 23.3 Å². The van der Waals surface area contributed by atoms with Gasteiger partial charge in [0.25, 0.3) is 0 Å². The van der Waals surface area contributed by atoms with Crippen LogP contribution >= 0.6 is 0 Å². The van der Waals surface area contributed by atoms with Crippen molar-refractivity contribution in [3.05, 3.63) is 23.3 Å².